The number of amides is 2. The van der Waals surface area contributed by atoms with Crippen molar-refractivity contribution in [3.63, 3.8) is 0 Å². The summed E-state index contributed by atoms with van der Waals surface area (Å²) in [6.07, 6.45) is 3.45. The van der Waals surface area contributed by atoms with E-state index in [1.54, 1.807) is 29.2 Å². The van der Waals surface area contributed by atoms with Crippen molar-refractivity contribution in [2.24, 2.45) is 0 Å². The number of halogens is 1. The molecule has 0 radical (unpaired) electrons. The molecular formula is C25H29ClN2O4. The minimum Gasteiger partial charge on any atom is -0.444 e. The van der Waals surface area contributed by atoms with E-state index in [1.807, 2.05) is 71.0 Å². The van der Waals surface area contributed by atoms with Crippen LogP contribution >= 0.6 is 11.6 Å². The van der Waals surface area contributed by atoms with Crippen LogP contribution in [0.25, 0.3) is 6.08 Å². The molecule has 1 aliphatic heterocycles. The molecule has 0 aromatic heterocycles. The first-order chi connectivity index (χ1) is 14.9. The minimum atomic E-state index is -0.757. The van der Waals surface area contributed by atoms with Crippen LogP contribution in [0.2, 0.25) is 5.02 Å². The summed E-state index contributed by atoms with van der Waals surface area (Å²) in [4.78, 5) is 26.7. The highest BCUT2D eigenvalue weighted by Crippen LogP contribution is 2.30. The Bertz CT molecular complexity index is 992. The normalized spacial score (nSPS) is 18.1. The third kappa shape index (κ3) is 6.11. The number of rotatable bonds is 4. The SMILES string of the molecule is CC(C)(C)OC(=O)N1C(C=Cc2ccc(NC(=O)c3ccc(Cl)cc3)cc2)COC1(C)C. The van der Waals surface area contributed by atoms with E-state index in [0.717, 1.165) is 5.56 Å². The smallest absolute Gasteiger partial charge is 0.413 e. The van der Waals surface area contributed by atoms with Gasteiger partial charge in [-0.25, -0.2) is 4.79 Å². The van der Waals surface area contributed by atoms with Crippen LogP contribution in [0.15, 0.2) is 54.6 Å². The second-order valence-corrected chi connectivity index (χ2v) is 9.55. The lowest BCUT2D eigenvalue weighted by atomic mass is 10.1. The van der Waals surface area contributed by atoms with Gasteiger partial charge in [-0.1, -0.05) is 35.9 Å². The first-order valence-electron chi connectivity index (χ1n) is 10.5. The lowest BCUT2D eigenvalue weighted by Crippen LogP contribution is -2.49. The maximum absolute atomic E-state index is 12.7. The summed E-state index contributed by atoms with van der Waals surface area (Å²) < 4.78 is 11.4. The van der Waals surface area contributed by atoms with Crippen molar-refractivity contribution in [3.8, 4) is 0 Å². The van der Waals surface area contributed by atoms with Crippen molar-refractivity contribution in [3.05, 3.63) is 70.8 Å². The zero-order chi connectivity index (χ0) is 23.5. The van der Waals surface area contributed by atoms with Crippen molar-refractivity contribution < 1.29 is 19.1 Å². The Balaban J connectivity index is 1.66. The minimum absolute atomic E-state index is 0.205. The van der Waals surface area contributed by atoms with Gasteiger partial charge < -0.3 is 14.8 Å². The third-order valence-corrected chi connectivity index (χ3v) is 5.15. The van der Waals surface area contributed by atoms with E-state index in [-0.39, 0.29) is 11.9 Å². The van der Waals surface area contributed by atoms with Crippen molar-refractivity contribution >= 4 is 35.4 Å². The summed E-state index contributed by atoms with van der Waals surface area (Å²) in [5.41, 5.74) is 0.805. The molecule has 7 heteroatoms. The second kappa shape index (κ2) is 9.35. The zero-order valence-electron chi connectivity index (χ0n) is 19.0. The predicted octanol–water partition coefficient (Wildman–Crippen LogP) is 5.98. The van der Waals surface area contributed by atoms with Crippen LogP contribution in [0.5, 0.6) is 0 Å². The van der Waals surface area contributed by atoms with E-state index in [2.05, 4.69) is 5.32 Å². The number of carbonyl (C=O) groups is 2. The van der Waals surface area contributed by atoms with Crippen molar-refractivity contribution in [2.75, 3.05) is 11.9 Å². The first-order valence-corrected chi connectivity index (χ1v) is 10.8. The quantitative estimate of drug-likeness (QED) is 0.614. The fraction of sp³-hybridized carbons (Fsp3) is 0.360. The van der Waals surface area contributed by atoms with Gasteiger partial charge in [0.25, 0.3) is 5.91 Å². The zero-order valence-corrected chi connectivity index (χ0v) is 19.8. The summed E-state index contributed by atoms with van der Waals surface area (Å²) >= 11 is 5.87. The molecule has 1 fully saturated rings. The summed E-state index contributed by atoms with van der Waals surface area (Å²) in [6, 6.07) is 13.9. The number of nitrogens with zero attached hydrogens (tertiary/aromatic N) is 1. The standard InChI is InChI=1S/C25H29ClN2O4/c1-24(2,3)32-23(30)28-21(16-31-25(28,4)5)15-8-17-6-13-20(14-7-17)27-22(29)18-9-11-19(26)12-10-18/h6-15,21H,16H2,1-5H3,(H,27,29). The molecule has 32 heavy (non-hydrogen) atoms. The number of hydrogen-bond donors (Lipinski definition) is 1. The Morgan fingerprint density at radius 2 is 1.75 bits per heavy atom. The monoisotopic (exact) mass is 456 g/mol. The van der Waals surface area contributed by atoms with Crippen LogP contribution in [0, 0.1) is 0 Å². The van der Waals surface area contributed by atoms with Gasteiger partial charge in [-0.05, 0) is 76.6 Å². The van der Waals surface area contributed by atoms with Crippen LogP contribution < -0.4 is 5.32 Å². The highest BCUT2D eigenvalue weighted by atomic mass is 35.5. The van der Waals surface area contributed by atoms with Gasteiger partial charge in [0.05, 0.1) is 12.6 Å². The fourth-order valence-corrected chi connectivity index (χ4v) is 3.47. The Labute approximate surface area is 194 Å². The highest BCUT2D eigenvalue weighted by molar-refractivity contribution is 6.30. The molecule has 170 valence electrons. The van der Waals surface area contributed by atoms with Crippen LogP contribution in [0.3, 0.4) is 0 Å². The molecule has 1 N–H and O–H groups in total. The summed E-state index contributed by atoms with van der Waals surface area (Å²) in [5, 5.41) is 3.44. The maximum Gasteiger partial charge on any atom is 0.413 e. The Hall–Kier alpha value is -2.83. The molecule has 0 saturated carbocycles. The average Bonchev–Trinajstić information content (AvgIpc) is 3.01. The van der Waals surface area contributed by atoms with Gasteiger partial charge in [0.2, 0.25) is 0 Å². The van der Waals surface area contributed by atoms with Crippen LogP contribution in [0.4, 0.5) is 10.5 Å². The third-order valence-electron chi connectivity index (χ3n) is 4.90. The van der Waals surface area contributed by atoms with E-state index in [0.29, 0.717) is 22.9 Å². The largest absolute Gasteiger partial charge is 0.444 e. The number of benzene rings is 2. The molecule has 3 rings (SSSR count). The van der Waals surface area contributed by atoms with E-state index in [1.165, 1.54) is 0 Å². The molecule has 2 aromatic carbocycles. The molecule has 2 amide bonds. The predicted molar refractivity (Wildman–Crippen MR) is 127 cm³/mol. The summed E-state index contributed by atoms with van der Waals surface area (Å²) in [7, 11) is 0. The van der Waals surface area contributed by atoms with Gasteiger partial charge in [-0.15, -0.1) is 0 Å². The van der Waals surface area contributed by atoms with Gasteiger partial charge in [0, 0.05) is 16.3 Å². The van der Waals surface area contributed by atoms with E-state index in [4.69, 9.17) is 21.1 Å². The summed E-state index contributed by atoms with van der Waals surface area (Å²) in [6.45, 7) is 9.61. The van der Waals surface area contributed by atoms with Crippen LogP contribution in [-0.4, -0.2) is 40.9 Å². The lowest BCUT2D eigenvalue weighted by Gasteiger charge is -2.34. The van der Waals surface area contributed by atoms with Crippen LogP contribution in [-0.2, 0) is 9.47 Å². The van der Waals surface area contributed by atoms with E-state index in [9.17, 15) is 9.59 Å². The number of hydrogen-bond acceptors (Lipinski definition) is 4. The second-order valence-electron chi connectivity index (χ2n) is 9.12. The average molecular weight is 457 g/mol. The Kier molecular flexibility index (Phi) is 6.96. The molecular weight excluding hydrogens is 428 g/mol. The highest BCUT2D eigenvalue weighted by Gasteiger charge is 2.44. The molecule has 1 unspecified atom stereocenters. The topological polar surface area (TPSA) is 67.9 Å². The molecule has 2 aromatic rings. The van der Waals surface area contributed by atoms with Gasteiger partial charge in [-0.3, -0.25) is 9.69 Å². The molecule has 0 bridgehead atoms. The lowest BCUT2D eigenvalue weighted by molar-refractivity contribution is -0.0610. The van der Waals surface area contributed by atoms with Gasteiger partial charge in [0.1, 0.15) is 11.3 Å². The van der Waals surface area contributed by atoms with E-state index < -0.39 is 17.4 Å². The van der Waals surface area contributed by atoms with Crippen LogP contribution in [0.1, 0.15) is 50.5 Å². The molecule has 6 nitrogen and oxygen atoms in total. The molecule has 1 atom stereocenters. The summed E-state index contributed by atoms with van der Waals surface area (Å²) in [5.74, 6) is -0.205. The molecule has 1 heterocycles. The fourth-order valence-electron chi connectivity index (χ4n) is 3.34. The number of nitrogens with one attached hydrogen (secondary N) is 1. The number of anilines is 1. The van der Waals surface area contributed by atoms with Gasteiger partial charge in [-0.2, -0.15) is 0 Å². The van der Waals surface area contributed by atoms with Gasteiger partial charge in [0.15, 0.2) is 0 Å². The number of ether oxygens (including phenoxy) is 2. The van der Waals surface area contributed by atoms with Crippen molar-refractivity contribution in [2.45, 2.75) is 52.0 Å². The molecule has 0 aliphatic carbocycles. The Morgan fingerprint density at radius 1 is 1.12 bits per heavy atom. The molecule has 1 saturated heterocycles. The molecule has 0 spiro atoms. The van der Waals surface area contributed by atoms with E-state index >= 15 is 0 Å². The van der Waals surface area contributed by atoms with Crippen molar-refractivity contribution in [1.82, 2.24) is 4.90 Å². The molecule has 1 aliphatic rings. The van der Waals surface area contributed by atoms with Crippen molar-refractivity contribution in [1.29, 1.82) is 0 Å². The number of carbonyl (C=O) groups excluding carboxylic acids is 2. The first kappa shape index (κ1) is 23.8. The Morgan fingerprint density at radius 3 is 2.34 bits per heavy atom. The maximum atomic E-state index is 12.7. The van der Waals surface area contributed by atoms with Gasteiger partial charge >= 0.3 is 6.09 Å².